The van der Waals surface area contributed by atoms with Crippen LogP contribution in [0.25, 0.3) is 0 Å². The Morgan fingerprint density at radius 3 is 3.12 bits per heavy atom. The zero-order chi connectivity index (χ0) is 16.9. The number of halogens is 1. The Balaban J connectivity index is 1.50. The van der Waals surface area contributed by atoms with Crippen LogP contribution in [0.15, 0.2) is 23.0 Å². The molecule has 3 rings (SSSR count). The molecule has 24 heavy (non-hydrogen) atoms. The normalized spacial score (nSPS) is 21.5. The highest BCUT2D eigenvalue weighted by Crippen LogP contribution is 2.24. The van der Waals surface area contributed by atoms with Crippen molar-refractivity contribution in [3.8, 4) is 0 Å². The summed E-state index contributed by atoms with van der Waals surface area (Å²) >= 11 is 2.98. The molecule has 2 atom stereocenters. The molecule has 1 saturated heterocycles. The van der Waals surface area contributed by atoms with E-state index < -0.39 is 6.17 Å². The van der Waals surface area contributed by atoms with E-state index >= 15 is 0 Å². The monoisotopic (exact) mass is 369 g/mol. The van der Waals surface area contributed by atoms with Crippen LogP contribution in [0.2, 0.25) is 0 Å². The van der Waals surface area contributed by atoms with E-state index in [4.69, 9.17) is 0 Å². The highest BCUT2D eigenvalue weighted by Gasteiger charge is 2.33. The molecule has 0 aromatic carbocycles. The van der Waals surface area contributed by atoms with Crippen LogP contribution in [0.4, 0.5) is 9.52 Å². The van der Waals surface area contributed by atoms with Crippen LogP contribution in [-0.2, 0) is 11.3 Å². The third-order valence-electron chi connectivity index (χ3n) is 3.96. The summed E-state index contributed by atoms with van der Waals surface area (Å²) in [6.45, 7) is 2.15. The molecule has 0 unspecified atom stereocenters. The number of carbonyl (C=O) groups is 1. The van der Waals surface area contributed by atoms with E-state index in [0.717, 1.165) is 6.54 Å². The average molecular weight is 369 g/mol. The standard InChI is InChI=1S/C15H20FN5OS2/c1-20(9-14(22)18-15-19-17-10-24-15)7-12-5-11(16)6-21(12)8-13-3-2-4-23-13/h2-4,10-12H,5-9H2,1H3,(H,18,19,22)/t11-,12-/m0/s1. The molecule has 0 aliphatic carbocycles. The smallest absolute Gasteiger partial charge is 0.240 e. The van der Waals surface area contributed by atoms with E-state index in [1.807, 2.05) is 23.4 Å². The number of alkyl halides is 1. The highest BCUT2D eigenvalue weighted by atomic mass is 32.1. The largest absolute Gasteiger partial charge is 0.299 e. The van der Waals surface area contributed by atoms with Crippen LogP contribution < -0.4 is 5.32 Å². The van der Waals surface area contributed by atoms with E-state index in [9.17, 15) is 9.18 Å². The highest BCUT2D eigenvalue weighted by molar-refractivity contribution is 7.13. The lowest BCUT2D eigenvalue weighted by Crippen LogP contribution is -2.41. The van der Waals surface area contributed by atoms with Crippen molar-refractivity contribution in [2.24, 2.45) is 0 Å². The van der Waals surface area contributed by atoms with Crippen molar-refractivity contribution in [3.05, 3.63) is 27.9 Å². The van der Waals surface area contributed by atoms with Crippen molar-refractivity contribution >= 4 is 33.7 Å². The molecule has 0 saturated carbocycles. The van der Waals surface area contributed by atoms with Crippen molar-refractivity contribution < 1.29 is 9.18 Å². The summed E-state index contributed by atoms with van der Waals surface area (Å²) in [5.41, 5.74) is 1.57. The van der Waals surface area contributed by atoms with Crippen molar-refractivity contribution in [1.82, 2.24) is 20.0 Å². The maximum Gasteiger partial charge on any atom is 0.240 e. The molecule has 1 aliphatic heterocycles. The summed E-state index contributed by atoms with van der Waals surface area (Å²) in [6, 6.07) is 4.22. The van der Waals surface area contributed by atoms with Gasteiger partial charge in [-0.25, -0.2) is 4.39 Å². The minimum Gasteiger partial charge on any atom is -0.299 e. The topological polar surface area (TPSA) is 61.4 Å². The van der Waals surface area contributed by atoms with Crippen LogP contribution in [-0.4, -0.2) is 64.8 Å². The van der Waals surface area contributed by atoms with Crippen LogP contribution in [0.1, 0.15) is 11.3 Å². The Morgan fingerprint density at radius 1 is 1.54 bits per heavy atom. The zero-order valence-corrected chi connectivity index (χ0v) is 15.0. The van der Waals surface area contributed by atoms with Crippen molar-refractivity contribution in [2.75, 3.05) is 32.0 Å². The third-order valence-corrected chi connectivity index (χ3v) is 5.43. The molecular weight excluding hydrogens is 349 g/mol. The van der Waals surface area contributed by atoms with E-state index in [1.165, 1.54) is 16.2 Å². The quantitative estimate of drug-likeness (QED) is 0.810. The molecule has 0 bridgehead atoms. The lowest BCUT2D eigenvalue weighted by molar-refractivity contribution is -0.117. The van der Waals surface area contributed by atoms with Gasteiger partial charge in [0.25, 0.3) is 0 Å². The second kappa shape index (κ2) is 8.11. The summed E-state index contributed by atoms with van der Waals surface area (Å²) in [5.74, 6) is -0.131. The van der Waals surface area contributed by atoms with Gasteiger partial charge in [-0.2, -0.15) is 0 Å². The molecule has 1 fully saturated rings. The molecule has 130 valence electrons. The van der Waals surface area contributed by atoms with Gasteiger partial charge in [-0.3, -0.25) is 19.9 Å². The van der Waals surface area contributed by atoms with Gasteiger partial charge in [0.1, 0.15) is 11.7 Å². The van der Waals surface area contributed by atoms with Gasteiger partial charge < -0.3 is 0 Å². The van der Waals surface area contributed by atoms with Gasteiger partial charge in [0.2, 0.25) is 11.0 Å². The Kier molecular flexibility index (Phi) is 5.88. The first-order valence-electron chi connectivity index (χ1n) is 7.75. The number of nitrogens with zero attached hydrogens (tertiary/aromatic N) is 4. The minimum atomic E-state index is -0.793. The number of hydrogen-bond donors (Lipinski definition) is 1. The molecule has 1 amide bonds. The molecule has 2 aromatic rings. The summed E-state index contributed by atoms with van der Waals surface area (Å²) in [4.78, 5) is 17.3. The lowest BCUT2D eigenvalue weighted by atomic mass is 10.2. The van der Waals surface area contributed by atoms with Crippen molar-refractivity contribution in [3.63, 3.8) is 0 Å². The molecule has 0 radical (unpaired) electrons. The number of hydrogen-bond acceptors (Lipinski definition) is 7. The maximum atomic E-state index is 13.9. The number of amides is 1. The first-order valence-corrected chi connectivity index (χ1v) is 9.51. The summed E-state index contributed by atoms with van der Waals surface area (Å²) < 4.78 is 13.9. The van der Waals surface area contributed by atoms with Crippen LogP contribution in [0.5, 0.6) is 0 Å². The van der Waals surface area contributed by atoms with Crippen molar-refractivity contribution in [2.45, 2.75) is 25.2 Å². The van der Waals surface area contributed by atoms with E-state index in [-0.39, 0.29) is 18.5 Å². The second-order valence-corrected chi connectivity index (χ2v) is 7.85. The number of aromatic nitrogens is 2. The van der Waals surface area contributed by atoms with Gasteiger partial charge in [0.15, 0.2) is 0 Å². The molecule has 9 heteroatoms. The summed E-state index contributed by atoms with van der Waals surface area (Å²) in [5, 5.41) is 12.7. The number of carbonyl (C=O) groups excluding carboxylic acids is 1. The number of rotatable bonds is 7. The van der Waals surface area contributed by atoms with E-state index in [1.54, 1.807) is 16.8 Å². The van der Waals surface area contributed by atoms with Gasteiger partial charge in [-0.15, -0.1) is 21.5 Å². The molecule has 2 aromatic heterocycles. The maximum absolute atomic E-state index is 13.9. The van der Waals surface area contributed by atoms with Gasteiger partial charge in [-0.1, -0.05) is 17.4 Å². The number of thiophene rings is 1. The summed E-state index contributed by atoms with van der Waals surface area (Å²) in [7, 11) is 1.88. The van der Waals surface area contributed by atoms with Gasteiger partial charge in [0.05, 0.1) is 6.54 Å². The van der Waals surface area contributed by atoms with Crippen LogP contribution in [0, 0.1) is 0 Å². The minimum absolute atomic E-state index is 0.126. The number of nitrogens with one attached hydrogen (secondary N) is 1. The average Bonchev–Trinajstić information content (AvgIpc) is 3.23. The van der Waals surface area contributed by atoms with Gasteiger partial charge >= 0.3 is 0 Å². The van der Waals surface area contributed by atoms with Gasteiger partial charge in [0, 0.05) is 30.6 Å². The van der Waals surface area contributed by atoms with E-state index in [0.29, 0.717) is 24.6 Å². The lowest BCUT2D eigenvalue weighted by Gasteiger charge is -2.27. The SMILES string of the molecule is CN(CC(=O)Nc1nncs1)C[C@@H]1C[C@H](F)CN1Cc1cccs1. The van der Waals surface area contributed by atoms with Crippen LogP contribution >= 0.6 is 22.7 Å². The molecular formula is C15H20FN5OS2. The Hall–Kier alpha value is -1.42. The Morgan fingerprint density at radius 2 is 2.42 bits per heavy atom. The molecule has 6 nitrogen and oxygen atoms in total. The van der Waals surface area contributed by atoms with Gasteiger partial charge in [-0.05, 0) is 24.9 Å². The first kappa shape index (κ1) is 17.4. The molecule has 0 spiro atoms. The predicted molar refractivity (Wildman–Crippen MR) is 94.1 cm³/mol. The van der Waals surface area contributed by atoms with Crippen molar-refractivity contribution in [1.29, 1.82) is 0 Å². The molecule has 1 N–H and O–H groups in total. The summed E-state index contributed by atoms with van der Waals surface area (Å²) in [6.07, 6.45) is -0.271. The van der Waals surface area contributed by atoms with Crippen LogP contribution in [0.3, 0.4) is 0 Å². The van der Waals surface area contributed by atoms with E-state index in [2.05, 4.69) is 26.5 Å². The first-order chi connectivity index (χ1) is 11.6. The fraction of sp³-hybridized carbons (Fsp3) is 0.533. The Labute approximate surface area is 148 Å². The number of anilines is 1. The molecule has 3 heterocycles. The second-order valence-electron chi connectivity index (χ2n) is 5.98. The number of likely N-dealkylation sites (N-methyl/N-ethyl adjacent to an activating group) is 1. The molecule has 1 aliphatic rings. The zero-order valence-electron chi connectivity index (χ0n) is 13.4. The third kappa shape index (κ3) is 4.79. The fourth-order valence-electron chi connectivity index (χ4n) is 2.96. The fourth-order valence-corrected chi connectivity index (χ4v) is 4.16. The number of likely N-dealkylation sites (tertiary alicyclic amines) is 1. The predicted octanol–water partition coefficient (Wildman–Crippen LogP) is 2.08. The Bertz CT molecular complexity index is 636.